The third-order valence-corrected chi connectivity index (χ3v) is 4.78. The number of amides is 1. The highest BCUT2D eigenvalue weighted by molar-refractivity contribution is 5.88. The Morgan fingerprint density at radius 2 is 2.00 bits per heavy atom. The average Bonchev–Trinajstić information content (AvgIpc) is 3.01. The molecule has 1 heterocycles. The standard InChI is InChI=1S/C20H19N3O2/c24-19-8-4-1-5-14(19)12-21-23-20(25)13-9-10-18-16(11-13)15-6-2-3-7-17(15)22-18/h1-8,12-13,22,24H,9-11H2,(H,23,25). The zero-order valence-corrected chi connectivity index (χ0v) is 13.7. The number of para-hydroxylation sites is 2. The largest absolute Gasteiger partial charge is 0.507 e. The summed E-state index contributed by atoms with van der Waals surface area (Å²) in [5.41, 5.74) is 6.79. The maximum absolute atomic E-state index is 12.4. The van der Waals surface area contributed by atoms with Gasteiger partial charge in [0.05, 0.1) is 6.21 Å². The summed E-state index contributed by atoms with van der Waals surface area (Å²) in [7, 11) is 0. The van der Waals surface area contributed by atoms with Gasteiger partial charge < -0.3 is 10.1 Å². The molecule has 0 saturated carbocycles. The SMILES string of the molecule is O=C(NN=Cc1ccccc1O)C1CCc2[nH]c3ccccc3c2C1. The van der Waals surface area contributed by atoms with Crippen LogP contribution in [0.15, 0.2) is 53.6 Å². The normalized spacial score (nSPS) is 16.9. The quantitative estimate of drug-likeness (QED) is 0.509. The highest BCUT2D eigenvalue weighted by atomic mass is 16.3. The van der Waals surface area contributed by atoms with Crippen LogP contribution in [0.5, 0.6) is 5.75 Å². The number of rotatable bonds is 3. The van der Waals surface area contributed by atoms with Gasteiger partial charge in [0.2, 0.25) is 5.91 Å². The van der Waals surface area contributed by atoms with Crippen LogP contribution in [0, 0.1) is 5.92 Å². The number of H-pyrrole nitrogens is 1. The molecule has 1 atom stereocenters. The summed E-state index contributed by atoms with van der Waals surface area (Å²) in [6.45, 7) is 0. The Morgan fingerprint density at radius 3 is 2.88 bits per heavy atom. The molecule has 3 N–H and O–H groups in total. The lowest BCUT2D eigenvalue weighted by Crippen LogP contribution is -2.31. The smallest absolute Gasteiger partial charge is 0.243 e. The Kier molecular flexibility index (Phi) is 3.98. The van der Waals surface area contributed by atoms with Gasteiger partial charge in [0.15, 0.2) is 0 Å². The molecule has 4 rings (SSSR count). The Morgan fingerprint density at radius 1 is 1.20 bits per heavy atom. The van der Waals surface area contributed by atoms with Gasteiger partial charge in [-0.1, -0.05) is 30.3 Å². The molecular formula is C20H19N3O2. The summed E-state index contributed by atoms with van der Waals surface area (Å²) in [6.07, 6.45) is 3.85. The first-order valence-electron chi connectivity index (χ1n) is 8.42. The summed E-state index contributed by atoms with van der Waals surface area (Å²) in [5.74, 6) is -0.0302. The Balaban J connectivity index is 1.46. The van der Waals surface area contributed by atoms with Crippen LogP contribution in [0.4, 0.5) is 0 Å². The zero-order valence-electron chi connectivity index (χ0n) is 13.7. The van der Waals surface area contributed by atoms with Gasteiger partial charge in [-0.25, -0.2) is 5.43 Å². The molecule has 0 spiro atoms. The van der Waals surface area contributed by atoms with Crippen LogP contribution in [0.25, 0.3) is 10.9 Å². The minimum Gasteiger partial charge on any atom is -0.507 e. The maximum atomic E-state index is 12.4. The molecule has 5 heteroatoms. The number of hydrogen-bond donors (Lipinski definition) is 3. The molecule has 1 aliphatic rings. The molecule has 0 fully saturated rings. The minimum absolute atomic E-state index is 0.0809. The number of nitrogens with zero attached hydrogens (tertiary/aromatic N) is 1. The van der Waals surface area contributed by atoms with E-state index in [1.807, 2.05) is 18.2 Å². The number of aromatic hydroxyl groups is 1. The number of nitrogens with one attached hydrogen (secondary N) is 2. The fraction of sp³-hybridized carbons (Fsp3) is 0.200. The maximum Gasteiger partial charge on any atom is 0.243 e. The van der Waals surface area contributed by atoms with Gasteiger partial charge in [-0.2, -0.15) is 5.10 Å². The number of aromatic nitrogens is 1. The molecule has 0 saturated heterocycles. The Labute approximate surface area is 145 Å². The van der Waals surface area contributed by atoms with Crippen LogP contribution < -0.4 is 5.43 Å². The van der Waals surface area contributed by atoms with Crippen molar-refractivity contribution in [2.24, 2.45) is 11.0 Å². The third kappa shape index (κ3) is 3.01. The molecule has 1 unspecified atom stereocenters. The van der Waals surface area contributed by atoms with E-state index in [0.29, 0.717) is 5.56 Å². The fourth-order valence-corrected chi connectivity index (χ4v) is 3.45. The van der Waals surface area contributed by atoms with Crippen molar-refractivity contribution in [3.8, 4) is 5.75 Å². The topological polar surface area (TPSA) is 77.5 Å². The molecule has 0 radical (unpaired) electrons. The number of phenols is 1. The van der Waals surface area contributed by atoms with Crippen molar-refractivity contribution in [3.05, 3.63) is 65.4 Å². The first kappa shape index (κ1) is 15.4. The third-order valence-electron chi connectivity index (χ3n) is 4.78. The van der Waals surface area contributed by atoms with E-state index in [4.69, 9.17) is 0 Å². The highest BCUT2D eigenvalue weighted by Crippen LogP contribution is 2.31. The summed E-state index contributed by atoms with van der Waals surface area (Å²) >= 11 is 0. The van der Waals surface area contributed by atoms with Gasteiger partial charge in [-0.3, -0.25) is 4.79 Å². The summed E-state index contributed by atoms with van der Waals surface area (Å²) in [6, 6.07) is 15.1. The van der Waals surface area contributed by atoms with E-state index in [2.05, 4.69) is 27.6 Å². The van der Waals surface area contributed by atoms with Crippen molar-refractivity contribution in [1.82, 2.24) is 10.4 Å². The van der Waals surface area contributed by atoms with E-state index in [9.17, 15) is 9.90 Å². The van der Waals surface area contributed by atoms with Crippen molar-refractivity contribution in [2.75, 3.05) is 0 Å². The second-order valence-electron chi connectivity index (χ2n) is 6.36. The highest BCUT2D eigenvalue weighted by Gasteiger charge is 2.27. The molecule has 0 aliphatic heterocycles. The average molecular weight is 333 g/mol. The van der Waals surface area contributed by atoms with Crippen molar-refractivity contribution in [1.29, 1.82) is 0 Å². The van der Waals surface area contributed by atoms with Gasteiger partial charge in [0.1, 0.15) is 5.75 Å². The first-order valence-corrected chi connectivity index (χ1v) is 8.42. The second kappa shape index (κ2) is 6.43. The number of aryl methyl sites for hydroxylation is 1. The van der Waals surface area contributed by atoms with E-state index in [1.165, 1.54) is 22.9 Å². The van der Waals surface area contributed by atoms with Gasteiger partial charge in [-0.05, 0) is 43.0 Å². The number of carbonyl (C=O) groups excluding carboxylic acids is 1. The lowest BCUT2D eigenvalue weighted by Gasteiger charge is -2.20. The number of hydrogen-bond acceptors (Lipinski definition) is 3. The van der Waals surface area contributed by atoms with Crippen LogP contribution in [-0.2, 0) is 17.6 Å². The predicted molar refractivity (Wildman–Crippen MR) is 97.7 cm³/mol. The lowest BCUT2D eigenvalue weighted by molar-refractivity contribution is -0.125. The number of hydrazone groups is 1. The molecule has 0 bridgehead atoms. The minimum atomic E-state index is -0.0896. The molecule has 1 aliphatic carbocycles. The molecule has 2 aromatic carbocycles. The van der Waals surface area contributed by atoms with Crippen molar-refractivity contribution in [2.45, 2.75) is 19.3 Å². The van der Waals surface area contributed by atoms with Gasteiger partial charge >= 0.3 is 0 Å². The molecule has 1 aromatic heterocycles. The van der Waals surface area contributed by atoms with Crippen LogP contribution >= 0.6 is 0 Å². The number of carbonyl (C=O) groups is 1. The molecule has 126 valence electrons. The predicted octanol–water partition coefficient (Wildman–Crippen LogP) is 3.13. The zero-order chi connectivity index (χ0) is 17.2. The number of aromatic amines is 1. The molecule has 5 nitrogen and oxygen atoms in total. The van der Waals surface area contributed by atoms with Crippen molar-refractivity contribution >= 4 is 23.0 Å². The molecular weight excluding hydrogens is 314 g/mol. The van der Waals surface area contributed by atoms with E-state index in [1.54, 1.807) is 18.2 Å². The summed E-state index contributed by atoms with van der Waals surface area (Å²) in [4.78, 5) is 15.9. The Hall–Kier alpha value is -3.08. The lowest BCUT2D eigenvalue weighted by atomic mass is 9.86. The number of phenolic OH excluding ortho intramolecular Hbond substituents is 1. The van der Waals surface area contributed by atoms with Crippen LogP contribution in [0.2, 0.25) is 0 Å². The van der Waals surface area contributed by atoms with Crippen LogP contribution in [0.3, 0.4) is 0 Å². The molecule has 1 amide bonds. The first-order chi connectivity index (χ1) is 12.2. The van der Waals surface area contributed by atoms with Gasteiger partial charge in [-0.15, -0.1) is 0 Å². The van der Waals surface area contributed by atoms with E-state index in [0.717, 1.165) is 24.8 Å². The summed E-state index contributed by atoms with van der Waals surface area (Å²) in [5, 5.41) is 14.9. The monoisotopic (exact) mass is 333 g/mol. The van der Waals surface area contributed by atoms with E-state index >= 15 is 0 Å². The fourth-order valence-electron chi connectivity index (χ4n) is 3.45. The Bertz CT molecular complexity index is 958. The van der Waals surface area contributed by atoms with E-state index < -0.39 is 0 Å². The summed E-state index contributed by atoms with van der Waals surface area (Å²) < 4.78 is 0. The number of fused-ring (bicyclic) bond motifs is 3. The van der Waals surface area contributed by atoms with Gasteiger partial charge in [0.25, 0.3) is 0 Å². The van der Waals surface area contributed by atoms with Crippen LogP contribution in [-0.4, -0.2) is 22.2 Å². The van der Waals surface area contributed by atoms with Crippen molar-refractivity contribution in [3.63, 3.8) is 0 Å². The molecule has 25 heavy (non-hydrogen) atoms. The molecule has 3 aromatic rings. The second-order valence-corrected chi connectivity index (χ2v) is 6.36. The van der Waals surface area contributed by atoms with Crippen molar-refractivity contribution < 1.29 is 9.90 Å². The van der Waals surface area contributed by atoms with Crippen LogP contribution in [0.1, 0.15) is 23.2 Å². The number of benzene rings is 2. The van der Waals surface area contributed by atoms with E-state index in [-0.39, 0.29) is 17.6 Å². The van der Waals surface area contributed by atoms with Gasteiger partial charge in [0, 0.05) is 28.1 Å².